The van der Waals surface area contributed by atoms with Gasteiger partial charge in [0.2, 0.25) is 0 Å². The van der Waals surface area contributed by atoms with Gasteiger partial charge in [-0.3, -0.25) is 10.1 Å². The average Bonchev–Trinajstić information content (AvgIpc) is 3.38. The molecule has 0 fully saturated rings. The van der Waals surface area contributed by atoms with Gasteiger partial charge in [-0.05, 0) is 48.7 Å². The molecule has 1 atom stereocenters. The highest BCUT2D eigenvalue weighted by molar-refractivity contribution is 7.19. The van der Waals surface area contributed by atoms with E-state index in [9.17, 15) is 9.59 Å². The highest BCUT2D eigenvalue weighted by atomic mass is 32.1. The van der Waals surface area contributed by atoms with E-state index in [-0.39, 0.29) is 11.0 Å². The van der Waals surface area contributed by atoms with Crippen LogP contribution in [0.3, 0.4) is 0 Å². The van der Waals surface area contributed by atoms with Crippen molar-refractivity contribution in [1.29, 1.82) is 0 Å². The van der Waals surface area contributed by atoms with Crippen molar-refractivity contribution in [3.8, 4) is 0 Å². The maximum Gasteiger partial charge on any atom is 0.411 e. The Labute approximate surface area is 201 Å². The normalized spacial score (nSPS) is 15.2. The molecule has 2 aromatic carbocycles. The van der Waals surface area contributed by atoms with Crippen molar-refractivity contribution >= 4 is 66.4 Å². The lowest BCUT2D eigenvalue weighted by Gasteiger charge is -2.22. The van der Waals surface area contributed by atoms with Crippen molar-refractivity contribution < 1.29 is 9.53 Å². The number of nitrogens with zero attached hydrogens (tertiary/aromatic N) is 2. The number of rotatable bonds is 4. The molecule has 6 rings (SSSR count). The number of amides is 1. The van der Waals surface area contributed by atoms with Gasteiger partial charge in [0.15, 0.2) is 0 Å². The second-order valence-corrected chi connectivity index (χ2v) is 10.1. The fourth-order valence-corrected chi connectivity index (χ4v) is 6.28. The number of nitrogens with one attached hydrogen (secondary N) is 3. The van der Waals surface area contributed by atoms with Crippen LogP contribution in [0.1, 0.15) is 16.9 Å². The molecule has 0 radical (unpaired) electrons. The van der Waals surface area contributed by atoms with Gasteiger partial charge in [0.05, 0.1) is 15.6 Å². The Morgan fingerprint density at radius 3 is 2.85 bits per heavy atom. The predicted octanol–water partition coefficient (Wildman–Crippen LogP) is 5.44. The van der Waals surface area contributed by atoms with E-state index in [1.807, 2.05) is 48.5 Å². The van der Waals surface area contributed by atoms with Crippen LogP contribution in [0.2, 0.25) is 0 Å². The topological polar surface area (TPSA) is 109 Å². The highest BCUT2D eigenvalue weighted by Crippen LogP contribution is 2.39. The molecular weight excluding hydrogens is 470 g/mol. The van der Waals surface area contributed by atoms with Gasteiger partial charge in [0.1, 0.15) is 23.1 Å². The number of thiophene rings is 1. The Balaban J connectivity index is 1.23. The molecule has 10 heteroatoms. The maximum atomic E-state index is 12.3. The summed E-state index contributed by atoms with van der Waals surface area (Å²) in [6.45, 7) is 0. The molecule has 8 nitrogen and oxygen atoms in total. The molecule has 0 saturated heterocycles. The number of aromatic amines is 1. The molecule has 34 heavy (non-hydrogen) atoms. The first kappa shape index (κ1) is 20.8. The van der Waals surface area contributed by atoms with Crippen LogP contribution in [0.15, 0.2) is 59.7 Å². The molecule has 5 aromatic rings. The van der Waals surface area contributed by atoms with E-state index < -0.39 is 6.09 Å². The molecular formula is C24H19N5O3S2. The van der Waals surface area contributed by atoms with Crippen molar-refractivity contribution in [3.63, 3.8) is 0 Å². The minimum Gasteiger partial charge on any atom is -0.446 e. The summed E-state index contributed by atoms with van der Waals surface area (Å²) >= 11 is 2.80. The molecule has 3 aromatic heterocycles. The summed E-state index contributed by atoms with van der Waals surface area (Å²) < 4.78 is 6.58. The second-order valence-electron chi connectivity index (χ2n) is 8.02. The van der Waals surface area contributed by atoms with E-state index in [2.05, 4.69) is 25.6 Å². The second kappa shape index (κ2) is 8.54. The number of para-hydroxylation sites is 1. The van der Waals surface area contributed by atoms with Crippen LogP contribution in [0.4, 0.5) is 22.0 Å². The largest absolute Gasteiger partial charge is 0.446 e. The van der Waals surface area contributed by atoms with E-state index in [1.54, 1.807) is 17.7 Å². The highest BCUT2D eigenvalue weighted by Gasteiger charge is 2.27. The van der Waals surface area contributed by atoms with Crippen LogP contribution >= 0.6 is 22.7 Å². The van der Waals surface area contributed by atoms with Gasteiger partial charge < -0.3 is 15.0 Å². The Hall–Kier alpha value is -3.76. The van der Waals surface area contributed by atoms with Gasteiger partial charge in [-0.25, -0.2) is 14.8 Å². The first-order valence-electron chi connectivity index (χ1n) is 10.8. The number of carbonyl (C=O) groups is 1. The Morgan fingerprint density at radius 1 is 1.09 bits per heavy atom. The predicted molar refractivity (Wildman–Crippen MR) is 136 cm³/mol. The van der Waals surface area contributed by atoms with Crippen LogP contribution in [-0.2, 0) is 17.6 Å². The Kier molecular flexibility index (Phi) is 5.23. The number of hydrogen-bond acceptors (Lipinski definition) is 8. The minimum absolute atomic E-state index is 0.0716. The van der Waals surface area contributed by atoms with Gasteiger partial charge in [0.25, 0.3) is 0 Å². The van der Waals surface area contributed by atoms with Crippen molar-refractivity contribution in [2.45, 2.75) is 25.4 Å². The molecule has 0 bridgehead atoms. The third kappa shape index (κ3) is 4.02. The van der Waals surface area contributed by atoms with Crippen molar-refractivity contribution in [3.05, 3.63) is 75.0 Å². The Morgan fingerprint density at radius 2 is 1.97 bits per heavy atom. The first-order valence-corrected chi connectivity index (χ1v) is 12.4. The van der Waals surface area contributed by atoms with Gasteiger partial charge in [0, 0.05) is 22.7 Å². The van der Waals surface area contributed by atoms with Crippen LogP contribution in [0, 0.1) is 0 Å². The fraction of sp³-hybridized carbons (Fsp3) is 0.167. The molecule has 3 N–H and O–H groups in total. The molecule has 0 aliphatic heterocycles. The molecule has 1 aliphatic carbocycles. The van der Waals surface area contributed by atoms with Gasteiger partial charge in [-0.1, -0.05) is 29.5 Å². The zero-order chi connectivity index (χ0) is 23.1. The van der Waals surface area contributed by atoms with E-state index in [1.165, 1.54) is 21.8 Å². The monoisotopic (exact) mass is 489 g/mol. The number of fused-ring (bicyclic) bond motifs is 4. The molecule has 1 aliphatic rings. The van der Waals surface area contributed by atoms with Gasteiger partial charge in [-0.2, -0.15) is 0 Å². The summed E-state index contributed by atoms with van der Waals surface area (Å²) in [5.74, 6) is 0.742. The van der Waals surface area contributed by atoms with Crippen LogP contribution in [0.5, 0.6) is 0 Å². The number of hydrogen-bond donors (Lipinski definition) is 3. The summed E-state index contributed by atoms with van der Waals surface area (Å²) in [4.78, 5) is 37.8. The van der Waals surface area contributed by atoms with Gasteiger partial charge in [-0.15, -0.1) is 11.3 Å². The summed E-state index contributed by atoms with van der Waals surface area (Å²) in [7, 11) is 0. The third-order valence-electron chi connectivity index (χ3n) is 5.78. The van der Waals surface area contributed by atoms with Crippen LogP contribution < -0.4 is 15.5 Å². The first-order chi connectivity index (χ1) is 16.6. The molecule has 0 saturated carbocycles. The molecule has 1 amide bonds. The zero-order valence-electron chi connectivity index (χ0n) is 17.8. The molecule has 3 heterocycles. The quantitative estimate of drug-likeness (QED) is 0.310. The molecule has 1 unspecified atom stereocenters. The number of anilines is 3. The number of ether oxygens (including phenoxy) is 1. The van der Waals surface area contributed by atoms with Crippen LogP contribution in [-0.4, -0.2) is 27.1 Å². The number of H-pyrrole nitrogens is 1. The van der Waals surface area contributed by atoms with Crippen LogP contribution in [0.25, 0.3) is 20.4 Å². The minimum atomic E-state index is -0.439. The smallest absolute Gasteiger partial charge is 0.411 e. The fourth-order valence-electron chi connectivity index (χ4n) is 4.26. The lowest BCUT2D eigenvalue weighted by atomic mass is 9.94. The van der Waals surface area contributed by atoms with Crippen molar-refractivity contribution in [1.82, 2.24) is 15.0 Å². The summed E-state index contributed by atoms with van der Waals surface area (Å²) in [5.41, 5.74) is 3.60. The standard InChI is InChI=1S/C24H19N5O3S2/c30-23(28-13-4-2-1-3-5-13)32-15-7-8-16-18(11-15)33-22-20(16)21(25-12-26-22)27-14-6-9-17-19(10-14)34-24(31)29-17/h1-6,9-10,12,15H,7-8,11H2,(H,28,30)(H,29,31)(H,25,26,27). The van der Waals surface area contributed by atoms with Gasteiger partial charge >= 0.3 is 11.0 Å². The number of benzene rings is 2. The third-order valence-corrected chi connectivity index (χ3v) is 7.79. The van der Waals surface area contributed by atoms with Crippen molar-refractivity contribution in [2.24, 2.45) is 0 Å². The van der Waals surface area contributed by atoms with E-state index in [4.69, 9.17) is 4.74 Å². The summed E-state index contributed by atoms with van der Waals surface area (Å²) in [5, 5.41) is 7.20. The zero-order valence-corrected chi connectivity index (χ0v) is 19.5. The lowest BCUT2D eigenvalue weighted by molar-refractivity contribution is 0.103. The number of carbonyl (C=O) groups excluding carboxylic acids is 1. The molecule has 170 valence electrons. The summed E-state index contributed by atoms with van der Waals surface area (Å²) in [6.07, 6.45) is 3.10. The SMILES string of the molecule is O=C(Nc1ccccc1)OC1CCc2c(sc3ncnc(Nc4ccc5[nH]c(=O)sc5c4)c23)C1. The maximum absolute atomic E-state index is 12.3. The van der Waals surface area contributed by atoms with E-state index >= 15 is 0 Å². The number of aryl methyl sites for hydroxylation is 1. The lowest BCUT2D eigenvalue weighted by Crippen LogP contribution is -2.27. The number of thiazole rings is 1. The Bertz CT molecular complexity index is 1570. The average molecular weight is 490 g/mol. The number of aromatic nitrogens is 3. The molecule has 0 spiro atoms. The summed E-state index contributed by atoms with van der Waals surface area (Å²) in [6, 6.07) is 15.0. The van der Waals surface area contributed by atoms with E-state index in [0.29, 0.717) is 12.1 Å². The van der Waals surface area contributed by atoms with E-state index in [0.717, 1.165) is 44.8 Å². The van der Waals surface area contributed by atoms with Crippen molar-refractivity contribution in [2.75, 3.05) is 10.6 Å².